The van der Waals surface area contributed by atoms with E-state index in [0.717, 1.165) is 0 Å². The summed E-state index contributed by atoms with van der Waals surface area (Å²) in [6.07, 6.45) is 0. The molecule has 0 aliphatic rings. The summed E-state index contributed by atoms with van der Waals surface area (Å²) in [6, 6.07) is 10.3. The highest BCUT2D eigenvalue weighted by Crippen LogP contribution is 1.92. The molecule has 2 N–H and O–H groups in total. The van der Waals surface area contributed by atoms with Crippen molar-refractivity contribution < 1.29 is 15.3 Å². The molecule has 0 amide bonds. The number of hydrogen-bond donors (Lipinski definition) is 2. The molecule has 0 unspecified atom stereocenters. The van der Waals surface area contributed by atoms with Gasteiger partial charge in [-0.1, -0.05) is 35.9 Å². The maximum absolute atomic E-state index is 9.44. The number of Topliss-reactive ketones (excluding diaryl/α,β-unsaturated/α-hetero) is 1. The van der Waals surface area contributed by atoms with E-state index in [-0.39, 0.29) is 5.78 Å². The predicted molar refractivity (Wildman–Crippen MR) is 52.8 cm³/mol. The fourth-order valence-corrected chi connectivity index (χ4v) is 0.534. The first-order valence-electron chi connectivity index (χ1n) is 3.81. The topological polar surface area (TPSA) is 57.5 Å². The van der Waals surface area contributed by atoms with Crippen LogP contribution in [0.4, 0.5) is 0 Å². The van der Waals surface area contributed by atoms with Gasteiger partial charge < -0.3 is 4.79 Å². The van der Waals surface area contributed by atoms with Crippen LogP contribution in [0, 0.1) is 6.92 Å². The van der Waals surface area contributed by atoms with Crippen LogP contribution in [0.25, 0.3) is 0 Å². The van der Waals surface area contributed by atoms with Crippen molar-refractivity contribution in [2.75, 3.05) is 0 Å². The van der Waals surface area contributed by atoms with Crippen molar-refractivity contribution in [2.45, 2.75) is 20.8 Å². The Bertz CT molecular complexity index is 203. The van der Waals surface area contributed by atoms with Gasteiger partial charge in [-0.2, -0.15) is 0 Å². The lowest BCUT2D eigenvalue weighted by molar-refractivity contribution is -0.176. The molecule has 0 saturated heterocycles. The van der Waals surface area contributed by atoms with Gasteiger partial charge in [0.2, 0.25) is 0 Å². The van der Waals surface area contributed by atoms with Gasteiger partial charge in [0.1, 0.15) is 5.78 Å². The molecular formula is C10H16O3. The van der Waals surface area contributed by atoms with Crippen molar-refractivity contribution in [1.29, 1.82) is 0 Å². The molecular weight excluding hydrogens is 168 g/mol. The van der Waals surface area contributed by atoms with Gasteiger partial charge in [0.15, 0.2) is 0 Å². The zero-order chi connectivity index (χ0) is 10.7. The van der Waals surface area contributed by atoms with E-state index < -0.39 is 0 Å². The monoisotopic (exact) mass is 184 g/mol. The molecule has 0 spiro atoms. The first-order chi connectivity index (χ1) is 6.13. The second kappa shape index (κ2) is 10.8. The lowest BCUT2D eigenvalue weighted by atomic mass is 10.2. The third-order valence-electron chi connectivity index (χ3n) is 0.940. The van der Waals surface area contributed by atoms with Crippen molar-refractivity contribution in [3.8, 4) is 0 Å². The molecule has 0 radical (unpaired) electrons. The van der Waals surface area contributed by atoms with Crippen molar-refractivity contribution in [1.82, 2.24) is 0 Å². The molecule has 1 rings (SSSR count). The van der Waals surface area contributed by atoms with E-state index in [1.165, 1.54) is 19.4 Å². The van der Waals surface area contributed by atoms with Gasteiger partial charge in [0.25, 0.3) is 0 Å². The zero-order valence-electron chi connectivity index (χ0n) is 8.19. The van der Waals surface area contributed by atoms with Crippen LogP contribution in [0.15, 0.2) is 30.3 Å². The molecule has 0 aliphatic heterocycles. The zero-order valence-corrected chi connectivity index (χ0v) is 8.19. The Balaban J connectivity index is 0. The molecule has 0 aliphatic carbocycles. The summed E-state index contributed by atoms with van der Waals surface area (Å²) in [6.45, 7) is 5.14. The van der Waals surface area contributed by atoms with Crippen molar-refractivity contribution >= 4 is 5.78 Å². The Morgan fingerprint density at radius 1 is 1.08 bits per heavy atom. The molecule has 0 aromatic heterocycles. The van der Waals surface area contributed by atoms with Crippen LogP contribution >= 0.6 is 0 Å². The van der Waals surface area contributed by atoms with Gasteiger partial charge in [0.05, 0.1) is 0 Å². The van der Waals surface area contributed by atoms with Crippen LogP contribution < -0.4 is 0 Å². The maximum atomic E-state index is 9.44. The molecule has 1 aromatic rings. The number of carbonyl (C=O) groups excluding carboxylic acids is 1. The molecule has 0 atom stereocenters. The van der Waals surface area contributed by atoms with Gasteiger partial charge in [-0.25, -0.2) is 0 Å². The third-order valence-corrected chi connectivity index (χ3v) is 0.940. The molecule has 3 nitrogen and oxygen atoms in total. The van der Waals surface area contributed by atoms with Crippen molar-refractivity contribution in [3.05, 3.63) is 35.9 Å². The first-order valence-corrected chi connectivity index (χ1v) is 3.81. The number of ketones is 1. The molecule has 0 heterocycles. The highest BCUT2D eigenvalue weighted by Gasteiger charge is 1.72. The van der Waals surface area contributed by atoms with Crippen LogP contribution in [0.1, 0.15) is 19.4 Å². The molecule has 1 aromatic carbocycles. The van der Waals surface area contributed by atoms with Crippen molar-refractivity contribution in [3.63, 3.8) is 0 Å². The van der Waals surface area contributed by atoms with Gasteiger partial charge in [-0.15, -0.1) is 0 Å². The largest absolute Gasteiger partial charge is 0.300 e. The fraction of sp³-hybridized carbons (Fsp3) is 0.300. The summed E-state index contributed by atoms with van der Waals surface area (Å²) in [7, 11) is 0. The standard InChI is InChI=1S/C7H8.C3H6O.H2O2/c1-7-5-3-2-4-6-7;1-3(2)4;1-2/h2-6H,1H3;1-2H3;1-2H. The highest BCUT2D eigenvalue weighted by molar-refractivity contribution is 5.72. The molecule has 13 heavy (non-hydrogen) atoms. The van der Waals surface area contributed by atoms with Crippen LogP contribution in [-0.4, -0.2) is 16.3 Å². The third kappa shape index (κ3) is 18.1. The average Bonchev–Trinajstić information content (AvgIpc) is 2.08. The van der Waals surface area contributed by atoms with Crippen LogP contribution in [-0.2, 0) is 4.79 Å². The van der Waals surface area contributed by atoms with Gasteiger partial charge in [0, 0.05) is 0 Å². The normalized spacial score (nSPS) is 7.15. The summed E-state index contributed by atoms with van der Waals surface area (Å²) < 4.78 is 0. The summed E-state index contributed by atoms with van der Waals surface area (Å²) in [5.41, 5.74) is 1.32. The Hall–Kier alpha value is -1.19. The minimum Gasteiger partial charge on any atom is -0.300 e. The number of carbonyl (C=O) groups is 1. The smallest absolute Gasteiger partial charge is 0.126 e. The minimum absolute atomic E-state index is 0.167. The second-order valence-electron chi connectivity index (χ2n) is 2.56. The van der Waals surface area contributed by atoms with E-state index in [9.17, 15) is 4.79 Å². The Morgan fingerprint density at radius 3 is 1.54 bits per heavy atom. The van der Waals surface area contributed by atoms with E-state index >= 15 is 0 Å². The number of aryl methyl sites for hydroxylation is 1. The highest BCUT2D eigenvalue weighted by atomic mass is 17.0. The SMILES string of the molecule is CC(C)=O.Cc1ccccc1.OO. The van der Waals surface area contributed by atoms with Gasteiger partial charge in [-0.3, -0.25) is 10.5 Å². The molecule has 0 bridgehead atoms. The van der Waals surface area contributed by atoms with Crippen LogP contribution in [0.2, 0.25) is 0 Å². The molecule has 0 saturated carbocycles. The van der Waals surface area contributed by atoms with E-state index in [4.69, 9.17) is 10.5 Å². The molecule has 0 fully saturated rings. The average molecular weight is 184 g/mol. The lowest BCUT2D eigenvalue weighted by Gasteiger charge is -1.82. The second-order valence-corrected chi connectivity index (χ2v) is 2.56. The number of hydrogen-bond acceptors (Lipinski definition) is 3. The van der Waals surface area contributed by atoms with E-state index in [1.807, 2.05) is 18.2 Å². The lowest BCUT2D eigenvalue weighted by Crippen LogP contribution is -1.69. The Morgan fingerprint density at radius 2 is 1.38 bits per heavy atom. The van der Waals surface area contributed by atoms with Gasteiger partial charge >= 0.3 is 0 Å². The fourth-order valence-electron chi connectivity index (χ4n) is 0.534. The predicted octanol–water partition coefficient (Wildman–Crippen LogP) is 2.61. The van der Waals surface area contributed by atoms with Crippen LogP contribution in [0.5, 0.6) is 0 Å². The summed E-state index contributed by atoms with van der Waals surface area (Å²) >= 11 is 0. The summed E-state index contributed by atoms with van der Waals surface area (Å²) in [4.78, 5) is 9.44. The Labute approximate surface area is 78.6 Å². The summed E-state index contributed by atoms with van der Waals surface area (Å²) in [5.74, 6) is 0.167. The van der Waals surface area contributed by atoms with E-state index in [1.54, 1.807) is 0 Å². The van der Waals surface area contributed by atoms with E-state index in [0.29, 0.717) is 0 Å². The quantitative estimate of drug-likeness (QED) is 0.481. The van der Waals surface area contributed by atoms with Gasteiger partial charge in [-0.05, 0) is 20.8 Å². The molecule has 74 valence electrons. The Kier molecular flexibility index (Phi) is 11.9. The number of rotatable bonds is 0. The first kappa shape index (κ1) is 14.3. The number of benzene rings is 1. The van der Waals surface area contributed by atoms with Crippen molar-refractivity contribution in [2.24, 2.45) is 0 Å². The van der Waals surface area contributed by atoms with E-state index in [2.05, 4.69) is 19.1 Å². The van der Waals surface area contributed by atoms with Crippen LogP contribution in [0.3, 0.4) is 0 Å². The maximum Gasteiger partial charge on any atom is 0.126 e. The minimum atomic E-state index is 0.167. The summed E-state index contributed by atoms with van der Waals surface area (Å²) in [5, 5.41) is 12.0. The molecule has 3 heteroatoms.